The van der Waals surface area contributed by atoms with Crippen LogP contribution < -0.4 is 5.32 Å². The van der Waals surface area contributed by atoms with E-state index in [4.69, 9.17) is 4.42 Å². The van der Waals surface area contributed by atoms with Crippen LogP contribution in [0.5, 0.6) is 11.5 Å². The van der Waals surface area contributed by atoms with Gasteiger partial charge in [-0.1, -0.05) is 6.07 Å². The third-order valence-corrected chi connectivity index (χ3v) is 4.18. The Hall–Kier alpha value is -3.22. The third kappa shape index (κ3) is 2.40. The van der Waals surface area contributed by atoms with Gasteiger partial charge in [0, 0.05) is 17.9 Å². The number of phenolic OH excluding ortho intramolecular Hbond substituents is 2. The molecule has 3 heterocycles. The van der Waals surface area contributed by atoms with Gasteiger partial charge in [-0.15, -0.1) is 0 Å². The van der Waals surface area contributed by atoms with Gasteiger partial charge in [-0.05, 0) is 29.8 Å². The molecule has 0 radical (unpaired) electrons. The average molecular weight is 325 g/mol. The first-order valence-corrected chi connectivity index (χ1v) is 7.51. The minimum Gasteiger partial charge on any atom is -0.504 e. The number of rotatable bonds is 3. The van der Waals surface area contributed by atoms with E-state index in [-0.39, 0.29) is 29.7 Å². The molecule has 0 aliphatic carbocycles. The summed E-state index contributed by atoms with van der Waals surface area (Å²) in [6, 6.07) is 8.24. The van der Waals surface area contributed by atoms with Crippen molar-refractivity contribution in [2.45, 2.75) is 18.9 Å². The number of benzene rings is 1. The molecule has 1 aliphatic heterocycles. The second-order valence-electron chi connectivity index (χ2n) is 5.74. The number of carbonyl (C=O) groups is 1. The van der Waals surface area contributed by atoms with Crippen LogP contribution in [-0.4, -0.2) is 25.9 Å². The van der Waals surface area contributed by atoms with E-state index in [1.807, 2.05) is 6.07 Å². The number of aromatic nitrogens is 2. The van der Waals surface area contributed by atoms with Crippen molar-refractivity contribution < 1.29 is 19.4 Å². The van der Waals surface area contributed by atoms with E-state index in [0.29, 0.717) is 12.4 Å². The van der Waals surface area contributed by atoms with Crippen molar-refractivity contribution in [3.8, 4) is 11.5 Å². The van der Waals surface area contributed by atoms with Gasteiger partial charge in [0.2, 0.25) is 5.91 Å². The highest BCUT2D eigenvalue weighted by atomic mass is 16.3. The van der Waals surface area contributed by atoms with Crippen LogP contribution in [0.1, 0.15) is 29.2 Å². The zero-order chi connectivity index (χ0) is 16.7. The molecular weight excluding hydrogens is 310 g/mol. The molecule has 0 bridgehead atoms. The van der Waals surface area contributed by atoms with Crippen molar-refractivity contribution in [1.29, 1.82) is 0 Å². The number of hydrogen-bond acceptors (Lipinski definition) is 5. The predicted molar refractivity (Wildman–Crippen MR) is 84.9 cm³/mol. The summed E-state index contributed by atoms with van der Waals surface area (Å²) in [5.74, 6) is 0.613. The molecule has 0 fully saturated rings. The van der Waals surface area contributed by atoms with Crippen molar-refractivity contribution in [2.24, 2.45) is 0 Å². The van der Waals surface area contributed by atoms with Gasteiger partial charge < -0.3 is 19.9 Å². The van der Waals surface area contributed by atoms with E-state index >= 15 is 0 Å². The van der Waals surface area contributed by atoms with Gasteiger partial charge in [-0.25, -0.2) is 4.68 Å². The predicted octanol–water partition coefficient (Wildman–Crippen LogP) is 2.41. The third-order valence-electron chi connectivity index (χ3n) is 4.18. The average Bonchev–Trinajstić information content (AvgIpc) is 3.20. The van der Waals surface area contributed by atoms with Gasteiger partial charge in [0.05, 0.1) is 12.5 Å². The van der Waals surface area contributed by atoms with Gasteiger partial charge in [0.1, 0.15) is 18.1 Å². The Morgan fingerprint density at radius 3 is 2.92 bits per heavy atom. The smallest absolute Gasteiger partial charge is 0.226 e. The molecule has 0 saturated heterocycles. The second-order valence-corrected chi connectivity index (χ2v) is 5.74. The van der Waals surface area contributed by atoms with Gasteiger partial charge >= 0.3 is 0 Å². The van der Waals surface area contributed by atoms with Gasteiger partial charge in [-0.3, -0.25) is 4.79 Å². The van der Waals surface area contributed by atoms with E-state index in [1.165, 1.54) is 12.1 Å². The van der Waals surface area contributed by atoms with E-state index in [0.717, 1.165) is 16.9 Å². The molecule has 1 atom stereocenters. The molecule has 0 spiro atoms. The molecule has 24 heavy (non-hydrogen) atoms. The normalized spacial score (nSPS) is 16.7. The van der Waals surface area contributed by atoms with Crippen molar-refractivity contribution in [3.63, 3.8) is 0 Å². The van der Waals surface area contributed by atoms with Crippen molar-refractivity contribution in [3.05, 3.63) is 59.7 Å². The summed E-state index contributed by atoms with van der Waals surface area (Å²) < 4.78 is 7.01. The Balaban J connectivity index is 1.73. The molecule has 3 N–H and O–H groups in total. The highest BCUT2D eigenvalue weighted by Gasteiger charge is 2.30. The molecule has 4 rings (SSSR count). The zero-order valence-corrected chi connectivity index (χ0v) is 12.6. The first-order valence-electron chi connectivity index (χ1n) is 7.51. The van der Waals surface area contributed by atoms with Crippen molar-refractivity contribution in [2.75, 3.05) is 5.32 Å². The summed E-state index contributed by atoms with van der Waals surface area (Å²) in [7, 11) is 0. The van der Waals surface area contributed by atoms with Gasteiger partial charge in [0.25, 0.3) is 0 Å². The number of hydrogen-bond donors (Lipinski definition) is 3. The number of fused-ring (bicyclic) bond motifs is 1. The molecule has 0 saturated carbocycles. The molecule has 1 unspecified atom stereocenters. The molecule has 122 valence electrons. The first kappa shape index (κ1) is 14.4. The van der Waals surface area contributed by atoms with Crippen LogP contribution in [0.25, 0.3) is 0 Å². The molecule has 2 aromatic heterocycles. The highest BCUT2D eigenvalue weighted by molar-refractivity contribution is 5.94. The molecule has 7 heteroatoms. The van der Waals surface area contributed by atoms with Crippen LogP contribution in [0.15, 0.2) is 47.2 Å². The minimum absolute atomic E-state index is 0.124. The molecular formula is C17H15N3O4. The summed E-state index contributed by atoms with van der Waals surface area (Å²) in [6.07, 6.45) is 3.56. The molecule has 1 aromatic carbocycles. The number of aromatic hydroxyl groups is 2. The van der Waals surface area contributed by atoms with Crippen LogP contribution >= 0.6 is 0 Å². The van der Waals surface area contributed by atoms with Gasteiger partial charge in [-0.2, -0.15) is 5.10 Å². The largest absolute Gasteiger partial charge is 0.504 e. The number of carbonyl (C=O) groups excluding carboxylic acids is 1. The van der Waals surface area contributed by atoms with Crippen molar-refractivity contribution >= 4 is 11.7 Å². The first-order chi connectivity index (χ1) is 11.6. The minimum atomic E-state index is -0.231. The Labute approximate surface area is 137 Å². The van der Waals surface area contributed by atoms with Crippen LogP contribution in [0.3, 0.4) is 0 Å². The molecule has 1 amide bonds. The van der Waals surface area contributed by atoms with E-state index in [2.05, 4.69) is 10.4 Å². The number of phenols is 2. The lowest BCUT2D eigenvalue weighted by Gasteiger charge is -2.23. The lowest BCUT2D eigenvalue weighted by molar-refractivity contribution is -0.116. The van der Waals surface area contributed by atoms with Crippen molar-refractivity contribution in [1.82, 2.24) is 9.78 Å². The monoisotopic (exact) mass is 325 g/mol. The van der Waals surface area contributed by atoms with Gasteiger partial charge in [0.15, 0.2) is 11.5 Å². The molecule has 7 nitrogen and oxygen atoms in total. The fourth-order valence-electron chi connectivity index (χ4n) is 2.99. The standard InChI is InChI=1S/C17H15N3O4/c21-14-4-3-10(6-15(14)22)12-7-16(23)19-17-13(12)8-18-20(17)9-11-2-1-5-24-11/h1-6,8,12,21-22H,7,9H2,(H,19,23). The maximum Gasteiger partial charge on any atom is 0.226 e. The molecule has 1 aliphatic rings. The van der Waals surface area contributed by atoms with Crippen LogP contribution in [0, 0.1) is 0 Å². The van der Waals surface area contributed by atoms with E-state index in [9.17, 15) is 15.0 Å². The second kappa shape index (κ2) is 5.45. The van der Waals surface area contributed by atoms with Crippen LogP contribution in [-0.2, 0) is 11.3 Å². The van der Waals surface area contributed by atoms with Crippen LogP contribution in [0.2, 0.25) is 0 Å². The van der Waals surface area contributed by atoms with Crippen LogP contribution in [0.4, 0.5) is 5.82 Å². The quantitative estimate of drug-likeness (QED) is 0.642. The summed E-state index contributed by atoms with van der Waals surface area (Å²) in [6.45, 7) is 0.413. The summed E-state index contributed by atoms with van der Waals surface area (Å²) >= 11 is 0. The maximum atomic E-state index is 12.1. The lowest BCUT2D eigenvalue weighted by atomic mass is 9.87. The highest BCUT2D eigenvalue weighted by Crippen LogP contribution is 2.39. The lowest BCUT2D eigenvalue weighted by Crippen LogP contribution is -2.25. The summed E-state index contributed by atoms with van der Waals surface area (Å²) in [5.41, 5.74) is 1.62. The number of anilines is 1. The Kier molecular flexibility index (Phi) is 3.26. The topological polar surface area (TPSA) is 101 Å². The zero-order valence-electron chi connectivity index (χ0n) is 12.6. The number of nitrogens with one attached hydrogen (secondary N) is 1. The fraction of sp³-hybridized carbons (Fsp3) is 0.176. The van der Waals surface area contributed by atoms with E-state index in [1.54, 1.807) is 29.3 Å². The Morgan fingerprint density at radius 2 is 2.17 bits per heavy atom. The Bertz CT molecular complexity index is 899. The fourth-order valence-corrected chi connectivity index (χ4v) is 2.99. The van der Waals surface area contributed by atoms with E-state index < -0.39 is 0 Å². The SMILES string of the molecule is O=C1CC(c2ccc(O)c(O)c2)c2cnn(Cc3ccco3)c2N1. The number of furan rings is 1. The molecule has 3 aromatic rings. The maximum absolute atomic E-state index is 12.1. The summed E-state index contributed by atoms with van der Waals surface area (Å²) in [5, 5.41) is 26.4. The summed E-state index contributed by atoms with van der Waals surface area (Å²) in [4.78, 5) is 12.1. The Morgan fingerprint density at radius 1 is 1.29 bits per heavy atom. The number of nitrogens with zero attached hydrogens (tertiary/aromatic N) is 2. The number of amides is 1.